The van der Waals surface area contributed by atoms with Crippen molar-refractivity contribution in [1.29, 1.82) is 0 Å². The third-order valence-electron chi connectivity index (χ3n) is 5.10. The van der Waals surface area contributed by atoms with E-state index in [-0.39, 0.29) is 12.1 Å². The highest BCUT2D eigenvalue weighted by Gasteiger charge is 2.47. The number of methoxy groups -OCH3 is 1. The van der Waals surface area contributed by atoms with E-state index in [1.165, 1.54) is 12.8 Å². The maximum atomic E-state index is 12.1. The minimum absolute atomic E-state index is 0.190. The smallest absolute Gasteiger partial charge is 0.407 e. The maximum Gasteiger partial charge on any atom is 0.407 e. The number of hydrogen-bond acceptors (Lipinski definition) is 4. The number of carbonyl (C=O) groups excluding carboxylic acids is 1. The lowest BCUT2D eigenvalue weighted by Crippen LogP contribution is -2.53. The number of fused-ring (bicyclic) bond motifs is 2. The fraction of sp³-hybridized carbons (Fsp3) is 0.684. The van der Waals surface area contributed by atoms with Crippen molar-refractivity contribution in [3.05, 3.63) is 29.6 Å². The van der Waals surface area contributed by atoms with Crippen LogP contribution in [-0.2, 0) is 16.1 Å². The minimum Gasteiger partial charge on any atom is -0.444 e. The van der Waals surface area contributed by atoms with Crippen molar-refractivity contribution >= 4 is 6.09 Å². The first kappa shape index (κ1) is 17.2. The van der Waals surface area contributed by atoms with Crippen LogP contribution in [0, 0.1) is 11.8 Å². The van der Waals surface area contributed by atoms with Gasteiger partial charge in [0.25, 0.3) is 0 Å². The molecule has 3 fully saturated rings. The van der Waals surface area contributed by atoms with Gasteiger partial charge in [0.1, 0.15) is 5.60 Å². The molecule has 0 radical (unpaired) electrons. The van der Waals surface area contributed by atoms with Gasteiger partial charge in [-0.25, -0.2) is 4.79 Å². The van der Waals surface area contributed by atoms with E-state index in [0.717, 1.165) is 17.7 Å². The summed E-state index contributed by atoms with van der Waals surface area (Å²) in [6.07, 6.45) is 4.89. The van der Waals surface area contributed by atoms with Gasteiger partial charge in [-0.15, -0.1) is 0 Å². The van der Waals surface area contributed by atoms with Gasteiger partial charge in [-0.3, -0.25) is 4.98 Å². The Bertz CT molecular complexity index is 573. The molecule has 1 aromatic heterocycles. The second-order valence-corrected chi connectivity index (χ2v) is 8.11. The summed E-state index contributed by atoms with van der Waals surface area (Å²) in [4.78, 5) is 16.7. The Balaban J connectivity index is 1.63. The van der Waals surface area contributed by atoms with Gasteiger partial charge < -0.3 is 14.8 Å². The van der Waals surface area contributed by atoms with E-state index >= 15 is 0 Å². The molecule has 0 aromatic carbocycles. The van der Waals surface area contributed by atoms with Crippen molar-refractivity contribution in [3.63, 3.8) is 0 Å². The van der Waals surface area contributed by atoms with E-state index in [1.807, 2.05) is 27.0 Å². The van der Waals surface area contributed by atoms with Gasteiger partial charge in [-0.05, 0) is 63.5 Å². The zero-order valence-electron chi connectivity index (χ0n) is 15.0. The average molecular weight is 332 g/mol. The van der Waals surface area contributed by atoms with E-state index in [0.29, 0.717) is 24.4 Å². The van der Waals surface area contributed by atoms with Crippen LogP contribution in [0.25, 0.3) is 0 Å². The molecule has 1 amide bonds. The summed E-state index contributed by atoms with van der Waals surface area (Å²) < 4.78 is 10.6. The fourth-order valence-electron chi connectivity index (χ4n) is 3.93. The molecule has 2 atom stereocenters. The average Bonchev–Trinajstić information content (AvgIpc) is 2.44. The SMILES string of the molecule is COCc1ccc(C2C[C@H](NC(=O)OC(C)(C)C)C3CC2C3)nc1. The van der Waals surface area contributed by atoms with Crippen molar-refractivity contribution in [2.45, 2.75) is 64.2 Å². The third-order valence-corrected chi connectivity index (χ3v) is 5.10. The first-order valence-electron chi connectivity index (χ1n) is 8.79. The van der Waals surface area contributed by atoms with Gasteiger partial charge in [0, 0.05) is 31.0 Å². The number of nitrogens with one attached hydrogen (secondary N) is 1. The lowest BCUT2D eigenvalue weighted by molar-refractivity contribution is 0.0223. The number of rotatable bonds is 4. The second-order valence-electron chi connectivity index (χ2n) is 8.11. The number of nitrogens with zero attached hydrogens (tertiary/aromatic N) is 1. The Morgan fingerprint density at radius 2 is 2.00 bits per heavy atom. The molecule has 2 bridgehead atoms. The molecule has 0 aliphatic heterocycles. The van der Waals surface area contributed by atoms with E-state index in [4.69, 9.17) is 9.47 Å². The van der Waals surface area contributed by atoms with Crippen molar-refractivity contribution < 1.29 is 14.3 Å². The van der Waals surface area contributed by atoms with Gasteiger partial charge in [-0.2, -0.15) is 0 Å². The van der Waals surface area contributed by atoms with Crippen LogP contribution in [-0.4, -0.2) is 29.8 Å². The number of hydrogen-bond donors (Lipinski definition) is 1. The Labute approximate surface area is 144 Å². The number of pyridine rings is 1. The van der Waals surface area contributed by atoms with E-state index in [9.17, 15) is 4.79 Å². The van der Waals surface area contributed by atoms with E-state index in [2.05, 4.69) is 22.4 Å². The Morgan fingerprint density at radius 3 is 2.58 bits per heavy atom. The number of carbonyl (C=O) groups is 1. The van der Waals surface area contributed by atoms with Gasteiger partial charge in [0.05, 0.1) is 6.61 Å². The number of ether oxygens (including phenoxy) is 2. The van der Waals surface area contributed by atoms with Crippen LogP contribution >= 0.6 is 0 Å². The molecular weight excluding hydrogens is 304 g/mol. The minimum atomic E-state index is -0.459. The molecule has 1 heterocycles. The molecule has 0 saturated heterocycles. The van der Waals surface area contributed by atoms with Crippen LogP contribution in [0.1, 0.15) is 57.2 Å². The van der Waals surface area contributed by atoms with Crippen LogP contribution in [0.3, 0.4) is 0 Å². The second kappa shape index (κ2) is 6.71. The highest BCUT2D eigenvalue weighted by molar-refractivity contribution is 5.68. The molecule has 3 aliphatic carbocycles. The largest absolute Gasteiger partial charge is 0.444 e. The van der Waals surface area contributed by atoms with Crippen molar-refractivity contribution in [3.8, 4) is 0 Å². The molecule has 5 heteroatoms. The van der Waals surface area contributed by atoms with Crippen molar-refractivity contribution in [1.82, 2.24) is 10.3 Å². The van der Waals surface area contributed by atoms with Crippen LogP contribution in [0.2, 0.25) is 0 Å². The molecule has 132 valence electrons. The lowest BCUT2D eigenvalue weighted by Gasteiger charge is -2.51. The van der Waals surface area contributed by atoms with Gasteiger partial charge >= 0.3 is 6.09 Å². The summed E-state index contributed by atoms with van der Waals surface area (Å²) in [5.41, 5.74) is 1.76. The molecule has 0 spiro atoms. The third kappa shape index (κ3) is 3.89. The maximum absolute atomic E-state index is 12.1. The Hall–Kier alpha value is -1.62. The quantitative estimate of drug-likeness (QED) is 0.914. The highest BCUT2D eigenvalue weighted by atomic mass is 16.6. The summed E-state index contributed by atoms with van der Waals surface area (Å²) in [5, 5.41) is 3.09. The van der Waals surface area contributed by atoms with Crippen LogP contribution in [0.5, 0.6) is 0 Å². The Morgan fingerprint density at radius 1 is 1.25 bits per heavy atom. The molecular formula is C19H28N2O3. The normalized spacial score (nSPS) is 28.8. The molecule has 24 heavy (non-hydrogen) atoms. The van der Waals surface area contributed by atoms with Crippen molar-refractivity contribution in [2.75, 3.05) is 7.11 Å². The standard InChI is InChI=1S/C19H28N2O3/c1-19(2,3)24-18(22)21-17-9-15(13-7-14(17)8-13)16-6-5-12(10-20-16)11-23-4/h5-6,10,13-15,17H,7-9,11H2,1-4H3,(H,21,22)/t13?,14?,15?,17-/m0/s1. The number of amides is 1. The summed E-state index contributed by atoms with van der Waals surface area (Å²) in [6.45, 7) is 6.26. The number of alkyl carbamates (subject to hydrolysis) is 1. The molecule has 4 rings (SSSR count). The molecule has 1 aromatic rings. The van der Waals surface area contributed by atoms with E-state index in [1.54, 1.807) is 7.11 Å². The van der Waals surface area contributed by atoms with Crippen LogP contribution in [0.4, 0.5) is 4.79 Å². The predicted octanol–water partition coefficient (Wildman–Crippen LogP) is 3.63. The summed E-state index contributed by atoms with van der Waals surface area (Å²) in [6, 6.07) is 4.39. The van der Waals surface area contributed by atoms with Crippen molar-refractivity contribution in [2.24, 2.45) is 11.8 Å². The molecule has 1 N–H and O–H groups in total. The topological polar surface area (TPSA) is 60.5 Å². The summed E-state index contributed by atoms with van der Waals surface area (Å²) in [5.74, 6) is 1.71. The lowest BCUT2D eigenvalue weighted by atomic mass is 9.57. The first-order chi connectivity index (χ1) is 11.4. The van der Waals surface area contributed by atoms with E-state index < -0.39 is 5.60 Å². The first-order valence-corrected chi connectivity index (χ1v) is 8.79. The van der Waals surface area contributed by atoms with Gasteiger partial charge in [0.15, 0.2) is 0 Å². The Kier molecular flexibility index (Phi) is 4.81. The molecule has 3 aliphatic rings. The predicted molar refractivity (Wildman–Crippen MR) is 91.7 cm³/mol. The molecule has 3 saturated carbocycles. The fourth-order valence-corrected chi connectivity index (χ4v) is 3.93. The number of aromatic nitrogens is 1. The molecule has 5 nitrogen and oxygen atoms in total. The monoisotopic (exact) mass is 332 g/mol. The zero-order valence-corrected chi connectivity index (χ0v) is 15.0. The van der Waals surface area contributed by atoms with Gasteiger partial charge in [-0.1, -0.05) is 6.07 Å². The van der Waals surface area contributed by atoms with Crippen LogP contribution in [0.15, 0.2) is 18.3 Å². The molecule has 1 unspecified atom stereocenters. The zero-order chi connectivity index (χ0) is 17.3. The summed E-state index contributed by atoms with van der Waals surface area (Å²) >= 11 is 0. The van der Waals surface area contributed by atoms with Crippen LogP contribution < -0.4 is 5.32 Å². The summed E-state index contributed by atoms with van der Waals surface area (Å²) in [7, 11) is 1.69. The highest BCUT2D eigenvalue weighted by Crippen LogP contribution is 2.52. The van der Waals surface area contributed by atoms with Gasteiger partial charge in [0.2, 0.25) is 0 Å².